The van der Waals surface area contributed by atoms with Crippen molar-refractivity contribution in [3.63, 3.8) is 0 Å². The van der Waals surface area contributed by atoms with Crippen LogP contribution in [0, 0.1) is 0 Å². The van der Waals surface area contributed by atoms with Crippen molar-refractivity contribution < 1.29 is 13.2 Å². The highest BCUT2D eigenvalue weighted by atomic mass is 32.2. The van der Waals surface area contributed by atoms with E-state index in [1.54, 1.807) is 33.5 Å². The minimum absolute atomic E-state index is 0.0662. The highest BCUT2D eigenvalue weighted by Crippen LogP contribution is 2.33. The van der Waals surface area contributed by atoms with E-state index in [1.807, 2.05) is 38.2 Å². The summed E-state index contributed by atoms with van der Waals surface area (Å²) in [5.74, 6) is 1.87. The van der Waals surface area contributed by atoms with Crippen molar-refractivity contribution in [1.82, 2.24) is 19.2 Å². The number of likely N-dealkylation sites (N-methyl/N-ethyl adjacent to an activating group) is 1. The van der Waals surface area contributed by atoms with Gasteiger partial charge in [0.2, 0.25) is 15.9 Å². The van der Waals surface area contributed by atoms with Gasteiger partial charge in [0.05, 0.1) is 10.6 Å². The molecule has 2 aromatic rings. The molecule has 0 unspecified atom stereocenters. The summed E-state index contributed by atoms with van der Waals surface area (Å²) >= 11 is 0. The first-order valence-electron chi connectivity index (χ1n) is 10.6. The van der Waals surface area contributed by atoms with Gasteiger partial charge >= 0.3 is 0 Å². The lowest BCUT2D eigenvalue weighted by atomic mass is 9.96. The minimum Gasteiger partial charge on any atom is -0.363 e. The minimum atomic E-state index is -3.48. The van der Waals surface area contributed by atoms with E-state index in [-0.39, 0.29) is 17.7 Å². The summed E-state index contributed by atoms with van der Waals surface area (Å²) in [4.78, 5) is 25.7. The highest BCUT2D eigenvalue weighted by Gasteiger charge is 2.33. The van der Waals surface area contributed by atoms with Crippen molar-refractivity contribution in [3.05, 3.63) is 47.9 Å². The monoisotopic (exact) mass is 443 g/mol. The zero-order valence-corrected chi connectivity index (χ0v) is 19.0. The number of benzene rings is 1. The third kappa shape index (κ3) is 4.43. The number of hydrogen-bond donors (Lipinski definition) is 0. The van der Waals surface area contributed by atoms with Gasteiger partial charge in [0.1, 0.15) is 11.6 Å². The fourth-order valence-electron chi connectivity index (χ4n) is 4.25. The van der Waals surface area contributed by atoms with Crippen LogP contribution in [-0.2, 0) is 14.8 Å². The number of piperidine rings is 1. The van der Waals surface area contributed by atoms with Crippen molar-refractivity contribution >= 4 is 21.7 Å². The first-order valence-corrected chi connectivity index (χ1v) is 12.0. The molecular formula is C22H29N5O3S. The SMILES string of the molecule is CN1C[C@H](c2cc(N(C)C)nc(C3CCN(S(=O)(=O)c4ccccc4)CC3)n2)CC1=O. The summed E-state index contributed by atoms with van der Waals surface area (Å²) in [6, 6.07) is 10.5. The van der Waals surface area contributed by atoms with Crippen LogP contribution in [0.5, 0.6) is 0 Å². The lowest BCUT2D eigenvalue weighted by molar-refractivity contribution is -0.126. The van der Waals surface area contributed by atoms with Crippen LogP contribution in [0.1, 0.15) is 42.6 Å². The Morgan fingerprint density at radius 3 is 2.29 bits per heavy atom. The predicted molar refractivity (Wildman–Crippen MR) is 119 cm³/mol. The van der Waals surface area contributed by atoms with Crippen LogP contribution < -0.4 is 4.90 Å². The van der Waals surface area contributed by atoms with E-state index in [9.17, 15) is 13.2 Å². The molecule has 1 aromatic carbocycles. The maximum Gasteiger partial charge on any atom is 0.243 e. The van der Waals surface area contributed by atoms with Crippen molar-refractivity contribution in [2.75, 3.05) is 45.7 Å². The fraction of sp³-hybridized carbons (Fsp3) is 0.500. The van der Waals surface area contributed by atoms with E-state index < -0.39 is 10.0 Å². The van der Waals surface area contributed by atoms with Crippen LogP contribution in [0.4, 0.5) is 5.82 Å². The van der Waals surface area contributed by atoms with Gasteiger partial charge in [-0.2, -0.15) is 4.31 Å². The first kappa shape index (κ1) is 21.7. The Balaban J connectivity index is 1.53. The number of anilines is 1. The second-order valence-electron chi connectivity index (χ2n) is 8.57. The van der Waals surface area contributed by atoms with E-state index in [0.717, 1.165) is 17.3 Å². The maximum atomic E-state index is 12.9. The Hall–Kier alpha value is -2.52. The summed E-state index contributed by atoms with van der Waals surface area (Å²) in [5.41, 5.74) is 0.894. The van der Waals surface area contributed by atoms with Gasteiger partial charge < -0.3 is 9.80 Å². The van der Waals surface area contributed by atoms with E-state index in [1.165, 1.54) is 0 Å². The van der Waals surface area contributed by atoms with Gasteiger partial charge in [-0.05, 0) is 25.0 Å². The third-order valence-corrected chi connectivity index (χ3v) is 8.08. The van der Waals surface area contributed by atoms with Gasteiger partial charge in [0, 0.05) is 65.1 Å². The summed E-state index contributed by atoms with van der Waals surface area (Å²) in [7, 11) is 2.22. The molecule has 8 nitrogen and oxygen atoms in total. The maximum absolute atomic E-state index is 12.9. The summed E-state index contributed by atoms with van der Waals surface area (Å²) in [6.07, 6.45) is 1.81. The number of likely N-dealkylation sites (tertiary alicyclic amines) is 1. The molecule has 9 heteroatoms. The molecule has 0 bridgehead atoms. The van der Waals surface area contributed by atoms with Crippen LogP contribution in [0.25, 0.3) is 0 Å². The molecule has 4 rings (SSSR count). The molecule has 3 heterocycles. The molecule has 2 fully saturated rings. The topological polar surface area (TPSA) is 86.7 Å². The summed E-state index contributed by atoms with van der Waals surface area (Å²) in [6.45, 7) is 1.55. The molecule has 0 radical (unpaired) electrons. The van der Waals surface area contributed by atoms with Gasteiger partial charge in [-0.1, -0.05) is 18.2 Å². The Labute approximate surface area is 183 Å². The normalized spacial score (nSPS) is 20.9. The van der Waals surface area contributed by atoms with Gasteiger partial charge in [0.25, 0.3) is 0 Å². The largest absolute Gasteiger partial charge is 0.363 e. The van der Waals surface area contributed by atoms with Crippen LogP contribution in [-0.4, -0.2) is 74.3 Å². The number of aromatic nitrogens is 2. The van der Waals surface area contributed by atoms with Crippen LogP contribution >= 0.6 is 0 Å². The van der Waals surface area contributed by atoms with E-state index >= 15 is 0 Å². The molecular weight excluding hydrogens is 414 g/mol. The van der Waals surface area contributed by atoms with Crippen molar-refractivity contribution in [3.8, 4) is 0 Å². The van der Waals surface area contributed by atoms with Gasteiger partial charge in [-0.25, -0.2) is 18.4 Å². The second-order valence-corrected chi connectivity index (χ2v) is 10.5. The second kappa shape index (κ2) is 8.55. The van der Waals surface area contributed by atoms with E-state index in [2.05, 4.69) is 0 Å². The van der Waals surface area contributed by atoms with Crippen LogP contribution in [0.2, 0.25) is 0 Å². The number of carbonyl (C=O) groups excluding carboxylic acids is 1. The lowest BCUT2D eigenvalue weighted by Gasteiger charge is -2.31. The summed E-state index contributed by atoms with van der Waals surface area (Å²) in [5, 5.41) is 0. The number of nitrogens with zero attached hydrogens (tertiary/aromatic N) is 5. The molecule has 2 aliphatic rings. The Morgan fingerprint density at radius 1 is 1.03 bits per heavy atom. The highest BCUT2D eigenvalue weighted by molar-refractivity contribution is 7.89. The molecule has 2 aliphatic heterocycles. The predicted octanol–water partition coefficient (Wildman–Crippen LogP) is 2.06. The van der Waals surface area contributed by atoms with E-state index in [4.69, 9.17) is 9.97 Å². The first-order chi connectivity index (χ1) is 14.8. The zero-order valence-electron chi connectivity index (χ0n) is 18.2. The van der Waals surface area contributed by atoms with Crippen molar-refractivity contribution in [1.29, 1.82) is 0 Å². The Bertz CT molecular complexity index is 1050. The van der Waals surface area contributed by atoms with Gasteiger partial charge in [-0.15, -0.1) is 0 Å². The zero-order chi connectivity index (χ0) is 22.2. The molecule has 0 saturated carbocycles. The number of rotatable bonds is 5. The Morgan fingerprint density at radius 2 is 1.71 bits per heavy atom. The lowest BCUT2D eigenvalue weighted by Crippen LogP contribution is -2.38. The van der Waals surface area contributed by atoms with Crippen LogP contribution in [0.3, 0.4) is 0 Å². The van der Waals surface area contributed by atoms with Gasteiger partial charge in [0.15, 0.2) is 0 Å². The van der Waals surface area contributed by atoms with Gasteiger partial charge in [-0.3, -0.25) is 4.79 Å². The standard InChI is InChI=1S/C22H29N5O3S/c1-25(2)20-14-19(17-13-21(28)26(3)15-17)23-22(24-20)16-9-11-27(12-10-16)31(29,30)18-7-5-4-6-8-18/h4-8,14,16-17H,9-13,15H2,1-3H3/t17-/m1/s1. The smallest absolute Gasteiger partial charge is 0.243 e. The molecule has 1 atom stereocenters. The number of hydrogen-bond acceptors (Lipinski definition) is 6. The average Bonchev–Trinajstić information content (AvgIpc) is 3.12. The molecule has 31 heavy (non-hydrogen) atoms. The molecule has 2 saturated heterocycles. The summed E-state index contributed by atoms with van der Waals surface area (Å²) < 4.78 is 27.4. The molecule has 1 amide bonds. The number of amides is 1. The van der Waals surface area contributed by atoms with Crippen molar-refractivity contribution in [2.45, 2.75) is 36.0 Å². The number of sulfonamides is 1. The van der Waals surface area contributed by atoms with E-state index in [0.29, 0.717) is 43.8 Å². The third-order valence-electron chi connectivity index (χ3n) is 6.17. The molecule has 0 N–H and O–H groups in total. The molecule has 0 spiro atoms. The fourth-order valence-corrected chi connectivity index (χ4v) is 5.74. The molecule has 166 valence electrons. The number of carbonyl (C=O) groups is 1. The molecule has 0 aliphatic carbocycles. The van der Waals surface area contributed by atoms with Crippen molar-refractivity contribution in [2.24, 2.45) is 0 Å². The molecule has 1 aromatic heterocycles. The average molecular weight is 444 g/mol. The van der Waals surface area contributed by atoms with Crippen LogP contribution in [0.15, 0.2) is 41.3 Å². The Kier molecular flexibility index (Phi) is 5.98. The quantitative estimate of drug-likeness (QED) is 0.703.